The lowest BCUT2D eigenvalue weighted by Crippen LogP contribution is -2.34. The Morgan fingerprint density at radius 2 is 2.11 bits per heavy atom. The van der Waals surface area contributed by atoms with Crippen molar-refractivity contribution in [1.82, 2.24) is 19.9 Å². The molecule has 2 aromatic heterocycles. The number of oxazole rings is 1. The lowest BCUT2D eigenvalue weighted by Gasteiger charge is -2.22. The molecule has 9 heteroatoms. The maximum atomic E-state index is 12.8. The SMILES string of the molecule is O=C(c1cc(=O)[nH]c(=O)[nH]1)N1CCC[C@H]1c1ncc(Cc2ccccc2Cl)o1. The van der Waals surface area contributed by atoms with Gasteiger partial charge >= 0.3 is 5.69 Å². The molecular formula is C19H17ClN4O4. The van der Waals surface area contributed by atoms with Crippen LogP contribution in [0.4, 0.5) is 0 Å². The van der Waals surface area contributed by atoms with Crippen molar-refractivity contribution >= 4 is 17.5 Å². The molecule has 144 valence electrons. The molecule has 0 spiro atoms. The summed E-state index contributed by atoms with van der Waals surface area (Å²) in [4.78, 5) is 46.1. The third-order valence-electron chi connectivity index (χ3n) is 4.68. The molecule has 3 heterocycles. The third-order valence-corrected chi connectivity index (χ3v) is 5.05. The number of halogens is 1. The molecule has 1 aliphatic heterocycles. The molecule has 4 rings (SSSR count). The van der Waals surface area contributed by atoms with Crippen molar-refractivity contribution in [2.45, 2.75) is 25.3 Å². The van der Waals surface area contributed by atoms with Crippen molar-refractivity contribution in [3.8, 4) is 0 Å². The van der Waals surface area contributed by atoms with E-state index in [2.05, 4.69) is 15.0 Å². The highest BCUT2D eigenvalue weighted by atomic mass is 35.5. The summed E-state index contributed by atoms with van der Waals surface area (Å²) in [5.41, 5.74) is -0.471. The molecule has 8 nitrogen and oxygen atoms in total. The Labute approximate surface area is 164 Å². The average Bonchev–Trinajstić information content (AvgIpc) is 3.31. The number of nitrogens with zero attached hydrogens (tertiary/aromatic N) is 2. The number of aromatic nitrogens is 3. The van der Waals surface area contributed by atoms with Crippen LogP contribution in [0.2, 0.25) is 5.02 Å². The van der Waals surface area contributed by atoms with Crippen LogP contribution in [0, 0.1) is 0 Å². The van der Waals surface area contributed by atoms with Gasteiger partial charge in [-0.3, -0.25) is 14.6 Å². The summed E-state index contributed by atoms with van der Waals surface area (Å²) >= 11 is 6.19. The minimum absolute atomic E-state index is 0.0523. The number of carbonyl (C=O) groups is 1. The normalized spacial score (nSPS) is 16.5. The number of hydrogen-bond donors (Lipinski definition) is 2. The summed E-state index contributed by atoms with van der Waals surface area (Å²) in [7, 11) is 0. The molecule has 1 fully saturated rings. The van der Waals surface area contributed by atoms with E-state index in [0.29, 0.717) is 36.1 Å². The molecule has 3 aromatic rings. The highest BCUT2D eigenvalue weighted by Crippen LogP contribution is 2.33. The van der Waals surface area contributed by atoms with E-state index in [-0.39, 0.29) is 11.7 Å². The van der Waals surface area contributed by atoms with Gasteiger partial charge in [0.2, 0.25) is 5.89 Å². The molecule has 1 saturated heterocycles. The lowest BCUT2D eigenvalue weighted by atomic mass is 10.1. The molecule has 0 radical (unpaired) electrons. The summed E-state index contributed by atoms with van der Waals surface area (Å²) in [6.07, 6.45) is 3.58. The highest BCUT2D eigenvalue weighted by Gasteiger charge is 2.34. The Morgan fingerprint density at radius 3 is 2.89 bits per heavy atom. The molecule has 0 saturated carbocycles. The molecule has 1 aliphatic rings. The number of likely N-dealkylation sites (tertiary alicyclic amines) is 1. The maximum absolute atomic E-state index is 12.8. The second-order valence-electron chi connectivity index (χ2n) is 6.59. The van der Waals surface area contributed by atoms with Crippen molar-refractivity contribution in [2.75, 3.05) is 6.54 Å². The molecular weight excluding hydrogens is 384 g/mol. The predicted molar refractivity (Wildman–Crippen MR) is 101 cm³/mol. The van der Waals surface area contributed by atoms with Crippen molar-refractivity contribution in [3.63, 3.8) is 0 Å². The molecule has 1 aromatic carbocycles. The van der Waals surface area contributed by atoms with Crippen LogP contribution in [0.15, 0.2) is 50.5 Å². The largest absolute Gasteiger partial charge is 0.443 e. The van der Waals surface area contributed by atoms with Gasteiger partial charge in [-0.1, -0.05) is 29.8 Å². The zero-order chi connectivity index (χ0) is 19.7. The van der Waals surface area contributed by atoms with Crippen LogP contribution in [0.3, 0.4) is 0 Å². The average molecular weight is 401 g/mol. The van der Waals surface area contributed by atoms with Crippen molar-refractivity contribution < 1.29 is 9.21 Å². The summed E-state index contributed by atoms with van der Waals surface area (Å²) in [6.45, 7) is 0.487. The summed E-state index contributed by atoms with van der Waals surface area (Å²) in [6, 6.07) is 8.22. The van der Waals surface area contributed by atoms with Gasteiger partial charge in [0.25, 0.3) is 11.5 Å². The van der Waals surface area contributed by atoms with Crippen LogP contribution in [0.1, 0.15) is 46.6 Å². The van der Waals surface area contributed by atoms with Crippen LogP contribution in [-0.4, -0.2) is 32.3 Å². The van der Waals surface area contributed by atoms with E-state index >= 15 is 0 Å². The van der Waals surface area contributed by atoms with Gasteiger partial charge < -0.3 is 14.3 Å². The van der Waals surface area contributed by atoms with Gasteiger partial charge in [0.15, 0.2) is 0 Å². The first-order valence-corrected chi connectivity index (χ1v) is 9.21. The first-order chi connectivity index (χ1) is 13.5. The number of hydrogen-bond acceptors (Lipinski definition) is 5. The number of benzene rings is 1. The fourth-order valence-corrected chi connectivity index (χ4v) is 3.60. The van der Waals surface area contributed by atoms with E-state index in [1.54, 1.807) is 11.1 Å². The van der Waals surface area contributed by atoms with E-state index < -0.39 is 17.2 Å². The van der Waals surface area contributed by atoms with E-state index in [0.717, 1.165) is 18.1 Å². The first-order valence-electron chi connectivity index (χ1n) is 8.84. The number of carbonyl (C=O) groups excluding carboxylic acids is 1. The van der Waals surface area contributed by atoms with Crippen molar-refractivity contribution in [3.05, 3.63) is 85.3 Å². The Bertz CT molecular complexity index is 1100. The van der Waals surface area contributed by atoms with E-state index in [1.165, 1.54) is 0 Å². The standard InChI is InChI=1S/C19H17ClN4O4/c20-13-5-2-1-4-11(13)8-12-10-21-17(28-12)15-6-3-7-24(15)18(26)14-9-16(25)23-19(27)22-14/h1-2,4-5,9-10,15H,3,6-8H2,(H2,22,23,25,27)/t15-/m0/s1. The number of H-pyrrole nitrogens is 2. The second-order valence-corrected chi connectivity index (χ2v) is 7.00. The number of rotatable bonds is 4. The number of aromatic amines is 2. The minimum atomic E-state index is -0.718. The predicted octanol–water partition coefficient (Wildman–Crippen LogP) is 2.27. The van der Waals surface area contributed by atoms with Gasteiger partial charge in [-0.2, -0.15) is 0 Å². The highest BCUT2D eigenvalue weighted by molar-refractivity contribution is 6.31. The fourth-order valence-electron chi connectivity index (χ4n) is 3.39. The molecule has 1 atom stereocenters. The summed E-state index contributed by atoms with van der Waals surface area (Å²) < 4.78 is 5.89. The fraction of sp³-hybridized carbons (Fsp3) is 0.263. The van der Waals surface area contributed by atoms with E-state index in [1.807, 2.05) is 24.3 Å². The van der Waals surface area contributed by atoms with Gasteiger partial charge in [-0.15, -0.1) is 0 Å². The van der Waals surface area contributed by atoms with Crippen molar-refractivity contribution in [1.29, 1.82) is 0 Å². The second kappa shape index (κ2) is 7.47. The zero-order valence-corrected chi connectivity index (χ0v) is 15.5. The van der Waals surface area contributed by atoms with Crippen LogP contribution in [0.25, 0.3) is 0 Å². The molecule has 2 N–H and O–H groups in total. The number of nitrogens with one attached hydrogen (secondary N) is 2. The van der Waals surface area contributed by atoms with Gasteiger partial charge in [-0.05, 0) is 24.5 Å². The van der Waals surface area contributed by atoms with Gasteiger partial charge in [0, 0.05) is 24.1 Å². The molecule has 1 amide bonds. The molecule has 0 bridgehead atoms. The van der Waals surface area contributed by atoms with Crippen LogP contribution < -0.4 is 11.2 Å². The lowest BCUT2D eigenvalue weighted by molar-refractivity contribution is 0.0708. The maximum Gasteiger partial charge on any atom is 0.326 e. The van der Waals surface area contributed by atoms with E-state index in [4.69, 9.17) is 16.0 Å². The van der Waals surface area contributed by atoms with Crippen molar-refractivity contribution in [2.24, 2.45) is 0 Å². The number of amides is 1. The van der Waals surface area contributed by atoms with Gasteiger partial charge in [0.1, 0.15) is 17.5 Å². The Kier molecular flexibility index (Phi) is 4.87. The molecule has 28 heavy (non-hydrogen) atoms. The van der Waals surface area contributed by atoms with Crippen LogP contribution in [0.5, 0.6) is 0 Å². The van der Waals surface area contributed by atoms with Gasteiger partial charge in [-0.25, -0.2) is 9.78 Å². The Morgan fingerprint density at radius 1 is 1.29 bits per heavy atom. The van der Waals surface area contributed by atoms with E-state index in [9.17, 15) is 14.4 Å². The quantitative estimate of drug-likeness (QED) is 0.697. The molecule has 0 aliphatic carbocycles. The Hall–Kier alpha value is -3.13. The first kappa shape index (κ1) is 18.2. The summed E-state index contributed by atoms with van der Waals surface area (Å²) in [5, 5.41) is 0.649. The monoisotopic (exact) mass is 400 g/mol. The smallest absolute Gasteiger partial charge is 0.326 e. The van der Waals surface area contributed by atoms with Gasteiger partial charge in [0.05, 0.1) is 6.20 Å². The zero-order valence-electron chi connectivity index (χ0n) is 14.8. The third kappa shape index (κ3) is 3.63. The molecule has 0 unspecified atom stereocenters. The Balaban J connectivity index is 1.56. The minimum Gasteiger partial charge on any atom is -0.443 e. The summed E-state index contributed by atoms with van der Waals surface area (Å²) in [5.74, 6) is 0.642. The topological polar surface area (TPSA) is 112 Å². The van der Waals surface area contributed by atoms with Crippen LogP contribution in [-0.2, 0) is 6.42 Å². The van der Waals surface area contributed by atoms with Crippen LogP contribution >= 0.6 is 11.6 Å².